The lowest BCUT2D eigenvalue weighted by molar-refractivity contribution is -0.142. The lowest BCUT2D eigenvalue weighted by atomic mass is 10.0. The zero-order chi connectivity index (χ0) is 35.9. The number of rotatable bonds is 22. The molecule has 0 radical (unpaired) electrons. The van der Waals surface area contributed by atoms with Gasteiger partial charge < -0.3 is 18.3 Å². The van der Waals surface area contributed by atoms with Crippen molar-refractivity contribution in [3.8, 4) is 0 Å². The largest absolute Gasteiger partial charge is 0.461 e. The van der Waals surface area contributed by atoms with Gasteiger partial charge in [-0.15, -0.1) is 11.8 Å². The molecular weight excluding hydrogens is 641 g/mol. The van der Waals surface area contributed by atoms with Crippen molar-refractivity contribution < 1.29 is 27.9 Å². The van der Waals surface area contributed by atoms with Crippen LogP contribution in [-0.4, -0.2) is 53.1 Å². The highest BCUT2D eigenvalue weighted by atomic mass is 32.2. The zero-order valence-electron chi connectivity index (χ0n) is 32.2. The van der Waals surface area contributed by atoms with E-state index in [9.17, 15) is 9.59 Å². The summed E-state index contributed by atoms with van der Waals surface area (Å²) in [5.74, 6) is 1.29. The van der Waals surface area contributed by atoms with Crippen LogP contribution in [0.2, 0.25) is 36.3 Å². The molecule has 0 saturated carbocycles. The van der Waals surface area contributed by atoms with Crippen LogP contribution in [0, 0.1) is 5.92 Å². The van der Waals surface area contributed by atoms with Crippen molar-refractivity contribution in [1.82, 2.24) is 0 Å². The summed E-state index contributed by atoms with van der Waals surface area (Å²) in [5, 5.41) is 0.173. The van der Waals surface area contributed by atoms with Crippen LogP contribution >= 0.6 is 11.8 Å². The Morgan fingerprint density at radius 1 is 0.894 bits per heavy atom. The summed E-state index contributed by atoms with van der Waals surface area (Å²) in [6.45, 7) is 31.1. The Labute approximate surface area is 295 Å². The number of ether oxygens (including phenoxy) is 2. The predicted octanol–water partition coefficient (Wildman–Crippen LogP) is 11.5. The molecule has 1 aliphatic carbocycles. The highest BCUT2D eigenvalue weighted by Gasteiger charge is 2.45. The van der Waals surface area contributed by atoms with Crippen LogP contribution in [0.5, 0.6) is 0 Å². The summed E-state index contributed by atoms with van der Waals surface area (Å²) >= 11 is 1.79. The topological polar surface area (TPSA) is 71.1 Å². The zero-order valence-corrected chi connectivity index (χ0v) is 35.0. The maximum Gasteiger partial charge on any atom is 0.310 e. The summed E-state index contributed by atoms with van der Waals surface area (Å²) < 4.78 is 25.3. The van der Waals surface area contributed by atoms with E-state index in [-0.39, 0.29) is 46.7 Å². The van der Waals surface area contributed by atoms with Gasteiger partial charge >= 0.3 is 11.9 Å². The van der Waals surface area contributed by atoms with Crippen molar-refractivity contribution in [2.45, 2.75) is 174 Å². The predicted molar refractivity (Wildman–Crippen MR) is 206 cm³/mol. The first-order valence-electron chi connectivity index (χ1n) is 18.2. The molecule has 6 nitrogen and oxygen atoms in total. The fraction of sp³-hybridized carbons (Fsp3) is 0.789. The van der Waals surface area contributed by atoms with Gasteiger partial charge in [-0.25, -0.2) is 0 Å². The second-order valence-corrected chi connectivity index (χ2v) is 26.7. The number of thioether (sulfide) groups is 1. The normalized spacial score (nSPS) is 18.6. The van der Waals surface area contributed by atoms with Crippen LogP contribution in [0.3, 0.4) is 0 Å². The average molecular weight is 711 g/mol. The maximum atomic E-state index is 12.8. The lowest BCUT2D eigenvalue weighted by Gasteiger charge is -2.40. The van der Waals surface area contributed by atoms with Gasteiger partial charge in [0.1, 0.15) is 12.4 Å². The molecule has 272 valence electrons. The van der Waals surface area contributed by atoms with Gasteiger partial charge in [-0.1, -0.05) is 106 Å². The Bertz CT molecular complexity index is 1040. The Kier molecular flexibility index (Phi) is 19.2. The monoisotopic (exact) mass is 710 g/mol. The van der Waals surface area contributed by atoms with E-state index in [0.717, 1.165) is 54.9 Å². The van der Waals surface area contributed by atoms with Crippen LogP contribution in [0.4, 0.5) is 0 Å². The van der Waals surface area contributed by atoms with Crippen LogP contribution in [0.1, 0.15) is 126 Å². The molecule has 0 spiro atoms. The van der Waals surface area contributed by atoms with Crippen molar-refractivity contribution in [1.29, 1.82) is 0 Å². The van der Waals surface area contributed by atoms with Gasteiger partial charge in [0.2, 0.25) is 0 Å². The van der Waals surface area contributed by atoms with E-state index >= 15 is 0 Å². The highest BCUT2D eigenvalue weighted by molar-refractivity contribution is 8.03. The number of carbonyl (C=O) groups is 2. The Morgan fingerprint density at radius 2 is 1.55 bits per heavy atom. The van der Waals surface area contributed by atoms with E-state index in [2.05, 4.69) is 93.4 Å². The number of unbranched alkanes of at least 4 members (excludes halogenated alkanes) is 4. The molecule has 0 saturated heterocycles. The summed E-state index contributed by atoms with van der Waals surface area (Å²) in [5.41, 5.74) is 0. The summed E-state index contributed by atoms with van der Waals surface area (Å²) in [4.78, 5) is 25.8. The van der Waals surface area contributed by atoms with Gasteiger partial charge in [0.25, 0.3) is 0 Å². The molecule has 1 rings (SSSR count). The minimum Gasteiger partial charge on any atom is -0.461 e. The number of hydrogen-bond donors (Lipinski definition) is 0. The van der Waals surface area contributed by atoms with Gasteiger partial charge in [-0.05, 0) is 67.7 Å². The van der Waals surface area contributed by atoms with E-state index in [1.807, 2.05) is 6.92 Å². The molecule has 0 heterocycles. The van der Waals surface area contributed by atoms with E-state index in [1.165, 1.54) is 12.8 Å². The fourth-order valence-corrected chi connectivity index (χ4v) is 8.78. The first-order chi connectivity index (χ1) is 21.8. The fourth-order valence-electron chi connectivity index (χ4n) is 4.85. The van der Waals surface area contributed by atoms with Gasteiger partial charge in [-0.3, -0.25) is 9.59 Å². The van der Waals surface area contributed by atoms with Crippen molar-refractivity contribution >= 4 is 40.3 Å². The van der Waals surface area contributed by atoms with Crippen molar-refractivity contribution in [3.05, 3.63) is 35.5 Å². The van der Waals surface area contributed by atoms with E-state index < -0.39 is 16.6 Å². The van der Waals surface area contributed by atoms with Gasteiger partial charge in [0.05, 0.1) is 12.2 Å². The molecule has 47 heavy (non-hydrogen) atoms. The van der Waals surface area contributed by atoms with Crippen LogP contribution < -0.4 is 0 Å². The first kappa shape index (κ1) is 43.9. The SMILES string of the molecule is C=CCOC(=O)CCCCCSC1=C(OC(=O)CCC)C[C@@H](O[Si](C)(C)C(C)(C)C)[C@@H]1C=C[C@H](CCCCC)O[Si](C)(C)C(C)(C)C. The Morgan fingerprint density at radius 3 is 2.13 bits per heavy atom. The third-order valence-corrected chi connectivity index (χ3v) is 20.1. The van der Waals surface area contributed by atoms with Crippen molar-refractivity contribution in [2.24, 2.45) is 5.92 Å². The summed E-state index contributed by atoms with van der Waals surface area (Å²) in [6.07, 6.45) is 15.5. The molecule has 0 aromatic carbocycles. The molecule has 0 aromatic heterocycles. The minimum absolute atomic E-state index is 0.0101. The molecule has 0 amide bonds. The van der Waals surface area contributed by atoms with E-state index in [1.54, 1.807) is 17.8 Å². The highest BCUT2D eigenvalue weighted by Crippen LogP contribution is 2.47. The van der Waals surface area contributed by atoms with Crippen LogP contribution in [0.25, 0.3) is 0 Å². The Balaban J connectivity index is 3.40. The molecule has 0 aliphatic heterocycles. The van der Waals surface area contributed by atoms with Crippen LogP contribution in [0.15, 0.2) is 35.5 Å². The molecule has 1 aliphatic rings. The molecular formula is C38H70O6SSi2. The van der Waals surface area contributed by atoms with Crippen LogP contribution in [-0.2, 0) is 27.9 Å². The molecule has 3 atom stereocenters. The summed E-state index contributed by atoms with van der Waals surface area (Å²) in [7, 11) is -4.12. The molecule has 0 aromatic rings. The standard InChI is InChI=1S/C38H70O6SSi2/c1-14-17-19-23-30(43-46(10,11)37(4,5)6)25-26-31-32(44-47(12,13)38(7,8)9)29-33(42-35(40)22-15-2)36(31)45-28-21-18-20-24-34(39)41-27-16-3/h16,25-26,30-32H,3,14-15,17-24,27-29H2,1-2,4-13H3/t30-,31-,32+/m0/s1. The minimum atomic E-state index is -2.13. The third kappa shape index (κ3) is 15.5. The maximum absolute atomic E-state index is 12.8. The molecule has 9 heteroatoms. The third-order valence-electron chi connectivity index (χ3n) is 9.83. The van der Waals surface area contributed by atoms with Crippen molar-refractivity contribution in [3.63, 3.8) is 0 Å². The second kappa shape index (κ2) is 20.5. The Hall–Kier alpha value is -1.14. The smallest absolute Gasteiger partial charge is 0.310 e. The number of carbonyl (C=O) groups excluding carboxylic acids is 2. The first-order valence-corrected chi connectivity index (χ1v) is 25.0. The molecule has 0 fully saturated rings. The van der Waals surface area contributed by atoms with E-state index in [0.29, 0.717) is 19.3 Å². The molecule has 0 N–H and O–H groups in total. The van der Waals surface area contributed by atoms with Gasteiger partial charge in [0, 0.05) is 30.1 Å². The van der Waals surface area contributed by atoms with Gasteiger partial charge in [-0.2, -0.15) is 0 Å². The summed E-state index contributed by atoms with van der Waals surface area (Å²) in [6, 6.07) is 0. The van der Waals surface area contributed by atoms with E-state index in [4.69, 9.17) is 18.3 Å². The van der Waals surface area contributed by atoms with Crippen molar-refractivity contribution in [2.75, 3.05) is 12.4 Å². The second-order valence-electron chi connectivity index (χ2n) is 16.1. The lowest BCUT2D eigenvalue weighted by Crippen LogP contribution is -2.45. The number of hydrogen-bond acceptors (Lipinski definition) is 7. The van der Waals surface area contributed by atoms with Gasteiger partial charge in [0.15, 0.2) is 16.6 Å². The number of esters is 2. The average Bonchev–Trinajstić information content (AvgIpc) is 3.25. The molecule has 0 unspecified atom stereocenters. The quantitative estimate of drug-likeness (QED) is 0.0479. The molecule has 0 bridgehead atoms.